The monoisotopic (exact) mass is 542 g/mol. The molecule has 1 aromatic carbocycles. The van der Waals surface area contributed by atoms with Crippen LogP contribution in [0, 0.1) is 26.6 Å². The van der Waals surface area contributed by atoms with Crippen LogP contribution in [-0.2, 0) is 16.0 Å². The predicted molar refractivity (Wildman–Crippen MR) is 147 cm³/mol. The van der Waals surface area contributed by atoms with Gasteiger partial charge in [0.1, 0.15) is 11.5 Å². The van der Waals surface area contributed by atoms with E-state index in [1.807, 2.05) is 49.6 Å². The number of nitrogens with zero attached hydrogens (tertiary/aromatic N) is 3. The lowest BCUT2D eigenvalue weighted by Gasteiger charge is -2.33. The lowest BCUT2D eigenvalue weighted by molar-refractivity contribution is -0.109. The molecule has 1 amide bonds. The lowest BCUT2D eigenvalue weighted by Crippen LogP contribution is -2.39. The van der Waals surface area contributed by atoms with Crippen LogP contribution in [0.5, 0.6) is 0 Å². The Bertz CT molecular complexity index is 1290. The van der Waals surface area contributed by atoms with Crippen molar-refractivity contribution in [2.45, 2.75) is 58.8 Å². The Morgan fingerprint density at radius 3 is 2.41 bits per heavy atom. The van der Waals surface area contributed by atoms with E-state index in [1.165, 1.54) is 6.07 Å². The minimum atomic E-state index is -1.58. The molecule has 10 heteroatoms. The van der Waals surface area contributed by atoms with Crippen molar-refractivity contribution >= 4 is 12.1 Å². The molecule has 1 fully saturated rings. The molecule has 1 saturated carbocycles. The summed E-state index contributed by atoms with van der Waals surface area (Å²) in [6, 6.07) is 7.30. The summed E-state index contributed by atoms with van der Waals surface area (Å²) in [6.45, 7) is 5.72. The van der Waals surface area contributed by atoms with Crippen molar-refractivity contribution in [3.05, 3.63) is 70.1 Å². The number of ether oxygens (including phenoxy) is 1. The lowest BCUT2D eigenvalue weighted by atomic mass is 9.92. The van der Waals surface area contributed by atoms with Gasteiger partial charge in [-0.2, -0.15) is 0 Å². The Labute approximate surface area is 228 Å². The number of methoxy groups -OCH3 is 1. The van der Waals surface area contributed by atoms with Gasteiger partial charge in [-0.25, -0.2) is 9.37 Å². The minimum absolute atomic E-state index is 0.0887. The molecule has 0 radical (unpaired) electrons. The molecular weight excluding hydrogens is 503 g/mol. The second kappa shape index (κ2) is 13.5. The molecule has 1 aliphatic carbocycles. The first-order valence-electron chi connectivity index (χ1n) is 13.0. The number of benzene rings is 1. The molecule has 0 spiro atoms. The summed E-state index contributed by atoms with van der Waals surface area (Å²) in [4.78, 5) is 15.5. The van der Waals surface area contributed by atoms with Crippen LogP contribution in [0.4, 0.5) is 4.39 Å². The maximum atomic E-state index is 15.2. The number of halogens is 1. The number of aliphatic hydroxyl groups is 3. The van der Waals surface area contributed by atoms with Gasteiger partial charge in [0.15, 0.2) is 12.2 Å². The van der Waals surface area contributed by atoms with Crippen molar-refractivity contribution in [1.29, 1.82) is 0 Å². The van der Waals surface area contributed by atoms with E-state index in [1.54, 1.807) is 19.1 Å². The number of nitrogens with one attached hydrogen (secondary N) is 1. The number of aliphatic hydroxyl groups excluding tert-OH is 2. The number of pyridine rings is 1. The van der Waals surface area contributed by atoms with Crippen LogP contribution in [0.2, 0.25) is 0 Å². The summed E-state index contributed by atoms with van der Waals surface area (Å²) in [5.74, 6) is 0.234. The summed E-state index contributed by atoms with van der Waals surface area (Å²) in [5.41, 5.74) is 6.04. The first-order valence-corrected chi connectivity index (χ1v) is 13.0. The molecule has 0 saturated heterocycles. The normalized spacial score (nSPS) is 13.4. The van der Waals surface area contributed by atoms with Crippen LogP contribution < -0.4 is 5.32 Å². The molecular formula is C29H39FN4O5. The van der Waals surface area contributed by atoms with Crippen LogP contribution in [0.3, 0.4) is 0 Å². The van der Waals surface area contributed by atoms with Gasteiger partial charge in [-0.15, -0.1) is 0 Å². The third-order valence-corrected chi connectivity index (χ3v) is 6.65. The van der Waals surface area contributed by atoms with Crippen LogP contribution in [0.15, 0.2) is 41.9 Å². The van der Waals surface area contributed by atoms with Gasteiger partial charge >= 0.3 is 0 Å². The predicted octanol–water partition coefficient (Wildman–Crippen LogP) is 2.99. The second-order valence-electron chi connectivity index (χ2n) is 9.89. The maximum Gasteiger partial charge on any atom is 0.206 e. The zero-order valence-electron chi connectivity index (χ0n) is 23.2. The number of rotatable bonds is 10. The van der Waals surface area contributed by atoms with Gasteiger partial charge in [-0.05, 0) is 80.5 Å². The number of aromatic nitrogens is 2. The van der Waals surface area contributed by atoms with Crippen molar-refractivity contribution in [2.75, 3.05) is 27.2 Å². The molecule has 2 heterocycles. The van der Waals surface area contributed by atoms with Crippen molar-refractivity contribution in [1.82, 2.24) is 19.6 Å². The maximum absolute atomic E-state index is 15.2. The van der Waals surface area contributed by atoms with Gasteiger partial charge < -0.3 is 34.7 Å². The molecule has 0 bridgehead atoms. The fourth-order valence-electron chi connectivity index (χ4n) is 4.85. The standard InChI is InChI=1S/C27H34FN3O4.C2H5NO/c1-16-8-9-31-22(26(29-23(31)12-16)25-18(3)10-17(2)11-21(25)28)13-20(32)14-30(15-24(33)34)27(35-4)19-6-5-7-19;1-3-2-4/h8-12,20,24,32-34H,5-7,13-15H2,1-4H3;2H,1H3,(H,3,4). The highest BCUT2D eigenvalue weighted by Crippen LogP contribution is 2.33. The van der Waals surface area contributed by atoms with Gasteiger partial charge in [0.25, 0.3) is 0 Å². The van der Waals surface area contributed by atoms with Gasteiger partial charge in [-0.3, -0.25) is 4.79 Å². The SMILES string of the molecule is CNC=O.COC(=C1CCC1)N(CC(O)O)CC(O)Cc1c(-c2c(C)cc(C)cc2F)nc2cc(C)ccn12. The van der Waals surface area contributed by atoms with Crippen LogP contribution in [0.25, 0.3) is 16.9 Å². The second-order valence-corrected chi connectivity index (χ2v) is 9.89. The zero-order chi connectivity index (χ0) is 28.7. The van der Waals surface area contributed by atoms with Crippen molar-refractivity contribution in [3.63, 3.8) is 0 Å². The van der Waals surface area contributed by atoms with E-state index >= 15 is 4.39 Å². The highest BCUT2D eigenvalue weighted by atomic mass is 19.1. The molecule has 9 nitrogen and oxygen atoms in total. The molecule has 1 aliphatic rings. The molecule has 39 heavy (non-hydrogen) atoms. The third kappa shape index (κ3) is 7.35. The first kappa shape index (κ1) is 30.1. The van der Waals surface area contributed by atoms with E-state index in [2.05, 4.69) is 5.32 Å². The molecule has 4 N–H and O–H groups in total. The van der Waals surface area contributed by atoms with Gasteiger partial charge in [0.05, 0.1) is 31.1 Å². The van der Waals surface area contributed by atoms with Crippen molar-refractivity contribution in [3.8, 4) is 11.3 Å². The molecule has 2 aromatic heterocycles. The number of carbonyl (C=O) groups excluding carboxylic acids is 1. The summed E-state index contributed by atoms with van der Waals surface area (Å²) in [5, 5.41) is 32.7. The summed E-state index contributed by atoms with van der Waals surface area (Å²) >= 11 is 0. The van der Waals surface area contributed by atoms with Gasteiger partial charge in [-0.1, -0.05) is 6.07 Å². The molecule has 4 rings (SSSR count). The van der Waals surface area contributed by atoms with E-state index in [0.29, 0.717) is 34.9 Å². The quantitative estimate of drug-likeness (QED) is 0.177. The van der Waals surface area contributed by atoms with Crippen molar-refractivity contribution in [2.24, 2.45) is 0 Å². The Balaban J connectivity index is 0.000000983. The first-order chi connectivity index (χ1) is 18.6. The molecule has 1 unspecified atom stereocenters. The largest absolute Gasteiger partial charge is 0.482 e. The number of fused-ring (bicyclic) bond motifs is 1. The average molecular weight is 543 g/mol. The molecule has 212 valence electrons. The van der Waals surface area contributed by atoms with Gasteiger partial charge in [0.2, 0.25) is 6.41 Å². The van der Waals surface area contributed by atoms with E-state index < -0.39 is 12.4 Å². The fourth-order valence-corrected chi connectivity index (χ4v) is 4.85. The fraction of sp³-hybridized carbons (Fsp3) is 0.448. The highest BCUT2D eigenvalue weighted by molar-refractivity contribution is 5.71. The van der Waals surface area contributed by atoms with E-state index in [9.17, 15) is 15.3 Å². The van der Waals surface area contributed by atoms with E-state index in [4.69, 9.17) is 14.5 Å². The number of carbonyl (C=O) groups is 1. The third-order valence-electron chi connectivity index (χ3n) is 6.65. The van der Waals surface area contributed by atoms with Crippen LogP contribution in [0.1, 0.15) is 41.6 Å². The Morgan fingerprint density at radius 1 is 1.18 bits per heavy atom. The Morgan fingerprint density at radius 2 is 1.87 bits per heavy atom. The number of allylic oxidation sites excluding steroid dienone is 1. The Hall–Kier alpha value is -3.47. The number of imidazole rings is 1. The van der Waals surface area contributed by atoms with E-state index in [-0.39, 0.29) is 25.3 Å². The van der Waals surface area contributed by atoms with Crippen molar-refractivity contribution < 1.29 is 29.2 Å². The topological polar surface area (TPSA) is 120 Å². The average Bonchev–Trinajstić information content (AvgIpc) is 3.16. The minimum Gasteiger partial charge on any atom is -0.482 e. The summed E-state index contributed by atoms with van der Waals surface area (Å²) in [6.07, 6.45) is 3.07. The van der Waals surface area contributed by atoms with E-state index in [0.717, 1.165) is 41.5 Å². The summed E-state index contributed by atoms with van der Waals surface area (Å²) < 4.78 is 22.6. The number of hydrogen-bond acceptors (Lipinski definition) is 7. The van der Waals surface area contributed by atoms with Crippen LogP contribution in [-0.4, -0.2) is 75.7 Å². The smallest absolute Gasteiger partial charge is 0.206 e. The zero-order valence-corrected chi connectivity index (χ0v) is 23.2. The number of amides is 1. The summed E-state index contributed by atoms with van der Waals surface area (Å²) in [7, 11) is 3.12. The number of hydrogen-bond donors (Lipinski definition) is 4. The molecule has 1 atom stereocenters. The van der Waals surface area contributed by atoms with Crippen LogP contribution >= 0.6 is 0 Å². The molecule has 3 aromatic rings. The Kier molecular flexibility index (Phi) is 10.4. The van der Waals surface area contributed by atoms with Gasteiger partial charge in [0, 0.05) is 31.8 Å². The molecule has 0 aliphatic heterocycles. The number of aryl methyl sites for hydroxylation is 3. The highest BCUT2D eigenvalue weighted by Gasteiger charge is 2.26.